The van der Waals surface area contributed by atoms with Crippen LogP contribution < -0.4 is 10.6 Å². The fraction of sp³-hybridized carbons (Fsp3) is 0.643. The standard InChI is InChI=1S/C14H23N5O2/c1-4-21-14(20)19-7-5-11(6-8-19)17-12-10(2)9-16-13(15-3)18-12/h9,11H,4-8H2,1-3H3,(H2,15,16,17,18). The zero-order valence-corrected chi connectivity index (χ0v) is 12.8. The molecule has 0 bridgehead atoms. The molecule has 1 aliphatic heterocycles. The van der Waals surface area contributed by atoms with Crippen molar-refractivity contribution in [2.75, 3.05) is 37.4 Å². The molecule has 7 nitrogen and oxygen atoms in total. The van der Waals surface area contributed by atoms with Crippen LogP contribution in [0.2, 0.25) is 0 Å². The molecule has 1 aliphatic rings. The van der Waals surface area contributed by atoms with E-state index in [4.69, 9.17) is 4.74 Å². The molecule has 21 heavy (non-hydrogen) atoms. The molecular formula is C14H23N5O2. The molecule has 116 valence electrons. The van der Waals surface area contributed by atoms with Crippen LogP contribution >= 0.6 is 0 Å². The number of aromatic nitrogens is 2. The smallest absolute Gasteiger partial charge is 0.409 e. The number of carbonyl (C=O) groups is 1. The molecule has 0 atom stereocenters. The van der Waals surface area contributed by atoms with Gasteiger partial charge in [0.05, 0.1) is 6.61 Å². The Balaban J connectivity index is 1.90. The van der Waals surface area contributed by atoms with Gasteiger partial charge >= 0.3 is 6.09 Å². The molecule has 0 aliphatic carbocycles. The Hall–Kier alpha value is -2.05. The van der Waals surface area contributed by atoms with Crippen LogP contribution in [0.1, 0.15) is 25.3 Å². The highest BCUT2D eigenvalue weighted by atomic mass is 16.6. The first-order valence-electron chi connectivity index (χ1n) is 7.33. The van der Waals surface area contributed by atoms with Crippen LogP contribution in [0, 0.1) is 6.92 Å². The summed E-state index contributed by atoms with van der Waals surface area (Å²) < 4.78 is 5.02. The molecule has 0 aromatic carbocycles. The highest BCUT2D eigenvalue weighted by Gasteiger charge is 2.24. The van der Waals surface area contributed by atoms with E-state index in [0.717, 1.165) is 24.2 Å². The van der Waals surface area contributed by atoms with Gasteiger partial charge < -0.3 is 20.3 Å². The minimum atomic E-state index is -0.216. The molecule has 2 heterocycles. The summed E-state index contributed by atoms with van der Waals surface area (Å²) in [6, 6.07) is 0.314. The van der Waals surface area contributed by atoms with Crippen LogP contribution in [0.15, 0.2) is 6.20 Å². The number of amides is 1. The summed E-state index contributed by atoms with van der Waals surface area (Å²) in [5.74, 6) is 1.45. The third-order valence-corrected chi connectivity index (χ3v) is 3.56. The molecular weight excluding hydrogens is 270 g/mol. The molecule has 0 radical (unpaired) electrons. The topological polar surface area (TPSA) is 79.4 Å². The van der Waals surface area contributed by atoms with E-state index in [1.54, 1.807) is 18.1 Å². The van der Waals surface area contributed by atoms with Crippen molar-refractivity contribution in [2.24, 2.45) is 0 Å². The molecule has 2 N–H and O–H groups in total. The minimum Gasteiger partial charge on any atom is -0.450 e. The first-order chi connectivity index (χ1) is 10.1. The molecule has 1 aromatic rings. The van der Waals surface area contributed by atoms with E-state index in [1.165, 1.54) is 0 Å². The van der Waals surface area contributed by atoms with E-state index < -0.39 is 0 Å². The van der Waals surface area contributed by atoms with Gasteiger partial charge in [-0.05, 0) is 26.7 Å². The number of likely N-dealkylation sites (tertiary alicyclic amines) is 1. The van der Waals surface area contributed by atoms with Gasteiger partial charge in [-0.2, -0.15) is 4.98 Å². The maximum absolute atomic E-state index is 11.7. The van der Waals surface area contributed by atoms with E-state index in [2.05, 4.69) is 20.6 Å². The number of ether oxygens (including phenoxy) is 1. The second-order valence-electron chi connectivity index (χ2n) is 5.08. The second kappa shape index (κ2) is 7.10. The van der Waals surface area contributed by atoms with Crippen molar-refractivity contribution in [1.29, 1.82) is 0 Å². The summed E-state index contributed by atoms with van der Waals surface area (Å²) in [7, 11) is 1.80. The Morgan fingerprint density at radius 1 is 1.48 bits per heavy atom. The monoisotopic (exact) mass is 293 g/mol. The van der Waals surface area contributed by atoms with E-state index >= 15 is 0 Å². The molecule has 1 saturated heterocycles. The Bertz CT molecular complexity index is 486. The second-order valence-corrected chi connectivity index (χ2v) is 5.08. The average Bonchev–Trinajstić information content (AvgIpc) is 2.50. The zero-order valence-electron chi connectivity index (χ0n) is 12.8. The van der Waals surface area contributed by atoms with Crippen molar-refractivity contribution in [3.05, 3.63) is 11.8 Å². The third kappa shape index (κ3) is 3.96. The molecule has 1 fully saturated rings. The van der Waals surface area contributed by atoms with Crippen molar-refractivity contribution in [1.82, 2.24) is 14.9 Å². The molecule has 7 heteroatoms. The summed E-state index contributed by atoms with van der Waals surface area (Å²) in [5, 5.41) is 6.38. The van der Waals surface area contributed by atoms with Gasteiger partial charge in [0.2, 0.25) is 5.95 Å². The average molecular weight is 293 g/mol. The van der Waals surface area contributed by atoms with Crippen LogP contribution in [-0.2, 0) is 4.74 Å². The van der Waals surface area contributed by atoms with Crippen LogP contribution in [0.4, 0.5) is 16.6 Å². The summed E-state index contributed by atoms with van der Waals surface area (Å²) in [5.41, 5.74) is 1.02. The molecule has 1 aromatic heterocycles. The van der Waals surface area contributed by atoms with Gasteiger partial charge in [-0.3, -0.25) is 0 Å². The number of nitrogens with one attached hydrogen (secondary N) is 2. The lowest BCUT2D eigenvalue weighted by Crippen LogP contribution is -2.42. The predicted octanol–water partition coefficient (Wildman–Crippen LogP) is 1.86. The lowest BCUT2D eigenvalue weighted by Gasteiger charge is -2.32. The number of hydrogen-bond acceptors (Lipinski definition) is 6. The molecule has 0 unspecified atom stereocenters. The van der Waals surface area contributed by atoms with Gasteiger partial charge in [0.1, 0.15) is 5.82 Å². The minimum absolute atomic E-state index is 0.216. The maximum atomic E-state index is 11.7. The highest BCUT2D eigenvalue weighted by molar-refractivity contribution is 5.67. The highest BCUT2D eigenvalue weighted by Crippen LogP contribution is 2.19. The van der Waals surface area contributed by atoms with E-state index in [-0.39, 0.29) is 6.09 Å². The Morgan fingerprint density at radius 2 is 2.19 bits per heavy atom. The van der Waals surface area contributed by atoms with Gasteiger partial charge in [-0.15, -0.1) is 0 Å². The number of piperidine rings is 1. The largest absolute Gasteiger partial charge is 0.450 e. The summed E-state index contributed by atoms with van der Waals surface area (Å²) >= 11 is 0. The van der Waals surface area contributed by atoms with Gasteiger partial charge in [-0.25, -0.2) is 9.78 Å². The Kier molecular flexibility index (Phi) is 5.19. The molecule has 2 rings (SSSR count). The van der Waals surface area contributed by atoms with Crippen LogP contribution in [0.3, 0.4) is 0 Å². The quantitative estimate of drug-likeness (QED) is 0.882. The van der Waals surface area contributed by atoms with Gasteiger partial charge in [0.25, 0.3) is 0 Å². The first-order valence-corrected chi connectivity index (χ1v) is 7.33. The fourth-order valence-corrected chi connectivity index (χ4v) is 2.32. The summed E-state index contributed by atoms with van der Waals surface area (Å²) in [6.07, 6.45) is 3.36. The number of hydrogen-bond donors (Lipinski definition) is 2. The van der Waals surface area contributed by atoms with E-state index in [1.807, 2.05) is 13.8 Å². The van der Waals surface area contributed by atoms with Crippen molar-refractivity contribution in [3.63, 3.8) is 0 Å². The zero-order chi connectivity index (χ0) is 15.2. The van der Waals surface area contributed by atoms with Gasteiger partial charge in [0.15, 0.2) is 0 Å². The predicted molar refractivity (Wildman–Crippen MR) is 81.6 cm³/mol. The number of carbonyl (C=O) groups excluding carboxylic acids is 1. The first kappa shape index (κ1) is 15.3. The SMILES string of the molecule is CCOC(=O)N1CCC(Nc2nc(NC)ncc2C)CC1. The van der Waals surface area contributed by atoms with E-state index in [9.17, 15) is 4.79 Å². The Labute approximate surface area is 125 Å². The van der Waals surface area contributed by atoms with Crippen LogP contribution in [-0.4, -0.2) is 53.7 Å². The van der Waals surface area contributed by atoms with Crippen molar-refractivity contribution in [2.45, 2.75) is 32.7 Å². The van der Waals surface area contributed by atoms with Crippen LogP contribution in [0.25, 0.3) is 0 Å². The number of aryl methyl sites for hydroxylation is 1. The van der Waals surface area contributed by atoms with Crippen LogP contribution in [0.5, 0.6) is 0 Å². The van der Waals surface area contributed by atoms with Gasteiger partial charge in [0, 0.05) is 37.9 Å². The summed E-state index contributed by atoms with van der Waals surface area (Å²) in [4.78, 5) is 22.0. The number of rotatable bonds is 4. The fourth-order valence-electron chi connectivity index (χ4n) is 2.32. The van der Waals surface area contributed by atoms with E-state index in [0.29, 0.717) is 31.7 Å². The number of nitrogens with zero attached hydrogens (tertiary/aromatic N) is 3. The lowest BCUT2D eigenvalue weighted by atomic mass is 10.1. The molecule has 1 amide bonds. The maximum Gasteiger partial charge on any atom is 0.409 e. The normalized spacial score (nSPS) is 15.7. The van der Waals surface area contributed by atoms with Crippen molar-refractivity contribution in [3.8, 4) is 0 Å². The van der Waals surface area contributed by atoms with Crippen molar-refractivity contribution >= 4 is 17.9 Å². The number of anilines is 2. The molecule has 0 spiro atoms. The molecule has 0 saturated carbocycles. The van der Waals surface area contributed by atoms with Crippen molar-refractivity contribution < 1.29 is 9.53 Å². The lowest BCUT2D eigenvalue weighted by molar-refractivity contribution is 0.0983. The summed E-state index contributed by atoms with van der Waals surface area (Å²) in [6.45, 7) is 5.64. The third-order valence-electron chi connectivity index (χ3n) is 3.56. The van der Waals surface area contributed by atoms with Gasteiger partial charge in [-0.1, -0.05) is 0 Å². The Morgan fingerprint density at radius 3 is 2.81 bits per heavy atom.